The Morgan fingerprint density at radius 2 is 1.13 bits per heavy atom. The van der Waals surface area contributed by atoms with E-state index in [1.54, 1.807) is 0 Å². The topological polar surface area (TPSA) is 216 Å². The number of hydrogen-bond acceptors (Lipinski definition) is 11. The van der Waals surface area contributed by atoms with E-state index in [9.17, 15) is 15.6 Å². The summed E-state index contributed by atoms with van der Waals surface area (Å²) in [6.07, 6.45) is 2.49. The van der Waals surface area contributed by atoms with E-state index in [4.69, 9.17) is 31.2 Å². The predicted octanol–water partition coefficient (Wildman–Crippen LogP) is 0.885. The Balaban J connectivity index is 2.78. The number of quaternary nitrogens is 3. The van der Waals surface area contributed by atoms with Crippen molar-refractivity contribution in [2.24, 2.45) is 0 Å². The molecule has 1 heterocycles. The number of nitrogens with zero attached hydrogens (tertiary/aromatic N) is 5. The smallest absolute Gasteiger partial charge is 0.377 e. The second kappa shape index (κ2) is 5.60. The first-order valence-corrected chi connectivity index (χ1v) is 6.42. The van der Waals surface area contributed by atoms with Crippen molar-refractivity contribution in [3.05, 3.63) is 21.4 Å². The van der Waals surface area contributed by atoms with Crippen LogP contribution in [0, 0.1) is 15.6 Å². The molecule has 23 heavy (non-hydrogen) atoms. The summed E-state index contributed by atoms with van der Waals surface area (Å²) in [4.78, 5) is -3.55. The molecule has 0 radical (unpaired) electrons. The van der Waals surface area contributed by atoms with Gasteiger partial charge in [0, 0.05) is 5.92 Å². The SMILES string of the molecule is [O-][N+](O)(O)c1nc(C2CCCC2)nc([N+]([O-])(O)O)c1[N+]([O-])(O)O. The summed E-state index contributed by atoms with van der Waals surface area (Å²) in [6.45, 7) is 0. The molecule has 130 valence electrons. The lowest BCUT2D eigenvalue weighted by Crippen LogP contribution is -2.46. The first kappa shape index (κ1) is 17.9. The van der Waals surface area contributed by atoms with Gasteiger partial charge in [-0.3, -0.25) is 0 Å². The zero-order valence-corrected chi connectivity index (χ0v) is 11.5. The van der Waals surface area contributed by atoms with Crippen LogP contribution in [0.3, 0.4) is 0 Å². The van der Waals surface area contributed by atoms with E-state index >= 15 is 0 Å². The molecule has 14 nitrogen and oxygen atoms in total. The van der Waals surface area contributed by atoms with E-state index in [-0.39, 0.29) is 5.82 Å². The van der Waals surface area contributed by atoms with Gasteiger partial charge in [-0.15, -0.1) is 0 Å². The lowest BCUT2D eigenvalue weighted by molar-refractivity contribution is -0.280. The monoisotopic (exact) mass is 337 g/mol. The van der Waals surface area contributed by atoms with Gasteiger partial charge in [0.15, 0.2) is 0 Å². The molecule has 1 saturated carbocycles. The van der Waals surface area contributed by atoms with E-state index in [0.717, 1.165) is 12.8 Å². The van der Waals surface area contributed by atoms with Crippen LogP contribution in [0.1, 0.15) is 37.4 Å². The molecule has 0 saturated heterocycles. The van der Waals surface area contributed by atoms with Crippen molar-refractivity contribution >= 4 is 17.3 Å². The number of rotatable bonds is 4. The molecule has 14 heteroatoms. The minimum absolute atomic E-state index is 0.340. The Labute approximate surface area is 127 Å². The van der Waals surface area contributed by atoms with E-state index in [1.807, 2.05) is 0 Å². The highest BCUT2D eigenvalue weighted by Crippen LogP contribution is 2.43. The first-order valence-electron chi connectivity index (χ1n) is 6.42. The van der Waals surface area contributed by atoms with Crippen LogP contribution in [0.4, 0.5) is 17.3 Å². The third-order valence-corrected chi connectivity index (χ3v) is 3.43. The van der Waals surface area contributed by atoms with Gasteiger partial charge in [0.25, 0.3) is 0 Å². The van der Waals surface area contributed by atoms with E-state index < -0.39 is 38.2 Å². The van der Waals surface area contributed by atoms with Crippen LogP contribution in [0.2, 0.25) is 0 Å². The summed E-state index contributed by atoms with van der Waals surface area (Å²) < 4.78 is 0. The van der Waals surface area contributed by atoms with Crippen molar-refractivity contribution in [1.82, 2.24) is 24.9 Å². The van der Waals surface area contributed by atoms with Crippen LogP contribution >= 0.6 is 0 Å². The van der Waals surface area contributed by atoms with Crippen molar-refractivity contribution in [2.75, 3.05) is 0 Å². The Kier molecular flexibility index (Phi) is 4.37. The molecule has 1 fully saturated rings. The number of aromatic nitrogens is 2. The van der Waals surface area contributed by atoms with Crippen LogP contribution in [-0.4, -0.2) is 41.2 Å². The second-order valence-corrected chi connectivity index (χ2v) is 5.19. The molecular formula is C9H15N5O9. The van der Waals surface area contributed by atoms with Crippen LogP contribution in [-0.2, 0) is 0 Å². The maximum atomic E-state index is 11.3. The molecule has 0 atom stereocenters. The minimum Gasteiger partial charge on any atom is -0.559 e. The first-order chi connectivity index (χ1) is 10.3. The summed E-state index contributed by atoms with van der Waals surface area (Å²) in [5.41, 5.74) is -1.83. The van der Waals surface area contributed by atoms with Gasteiger partial charge in [0.05, 0.1) is 0 Å². The molecule has 0 unspecified atom stereocenters. The Bertz CT molecular complexity index is 550. The Hall–Kier alpha value is -1.40. The molecule has 1 aromatic rings. The molecule has 1 aliphatic rings. The highest BCUT2D eigenvalue weighted by Gasteiger charge is 2.47. The van der Waals surface area contributed by atoms with Gasteiger partial charge < -0.3 is 15.6 Å². The van der Waals surface area contributed by atoms with Crippen LogP contribution < -0.4 is 14.9 Å². The standard InChI is InChI=1S/C9H15N5O9/c15-12(16,17)6-8(13(18,19)20)10-7(5-3-1-2-4-5)11-9(6)14(21,22)23/h5,15-16,18-19,21-22H,1-4H2. The largest absolute Gasteiger partial charge is 0.559 e. The fourth-order valence-electron chi connectivity index (χ4n) is 2.48. The summed E-state index contributed by atoms with van der Waals surface area (Å²) in [5.74, 6) is -4.05. The van der Waals surface area contributed by atoms with Crippen molar-refractivity contribution < 1.29 is 31.2 Å². The lowest BCUT2D eigenvalue weighted by Gasteiger charge is -2.31. The van der Waals surface area contributed by atoms with E-state index in [1.165, 1.54) is 0 Å². The fraction of sp³-hybridized carbons (Fsp3) is 0.556. The summed E-state index contributed by atoms with van der Waals surface area (Å²) in [7, 11) is 0. The Morgan fingerprint density at radius 1 is 0.739 bits per heavy atom. The highest BCUT2D eigenvalue weighted by atomic mass is 17.1. The third-order valence-electron chi connectivity index (χ3n) is 3.43. The van der Waals surface area contributed by atoms with Crippen molar-refractivity contribution in [2.45, 2.75) is 31.6 Å². The highest BCUT2D eigenvalue weighted by molar-refractivity contribution is 5.72. The summed E-state index contributed by atoms with van der Waals surface area (Å²) in [6, 6.07) is 0. The van der Waals surface area contributed by atoms with Gasteiger partial charge in [-0.05, 0) is 27.8 Å². The molecule has 0 aromatic carbocycles. The zero-order valence-electron chi connectivity index (χ0n) is 11.5. The van der Waals surface area contributed by atoms with E-state index in [0.29, 0.717) is 12.8 Å². The normalized spacial score (nSPS) is 17.8. The van der Waals surface area contributed by atoms with Crippen LogP contribution in [0.25, 0.3) is 0 Å². The van der Waals surface area contributed by atoms with Crippen molar-refractivity contribution in [1.29, 1.82) is 0 Å². The minimum atomic E-state index is -3.55. The molecule has 2 rings (SSSR count). The van der Waals surface area contributed by atoms with Crippen LogP contribution in [0.5, 0.6) is 0 Å². The molecule has 0 bridgehead atoms. The van der Waals surface area contributed by atoms with Gasteiger partial charge >= 0.3 is 17.3 Å². The van der Waals surface area contributed by atoms with Crippen molar-refractivity contribution in [3.8, 4) is 0 Å². The Morgan fingerprint density at radius 3 is 1.43 bits per heavy atom. The molecule has 0 spiro atoms. The zero-order chi connectivity index (χ0) is 17.6. The summed E-state index contributed by atoms with van der Waals surface area (Å²) >= 11 is 0. The van der Waals surface area contributed by atoms with Gasteiger partial charge in [-0.25, -0.2) is 0 Å². The predicted molar refractivity (Wildman–Crippen MR) is 69.4 cm³/mol. The molecule has 1 aromatic heterocycles. The number of hydrogen-bond donors (Lipinski definition) is 6. The molecule has 0 amide bonds. The average Bonchev–Trinajstić information content (AvgIpc) is 2.87. The maximum absolute atomic E-state index is 11.3. The molecular weight excluding hydrogens is 322 g/mol. The fourth-order valence-corrected chi connectivity index (χ4v) is 2.48. The van der Waals surface area contributed by atoms with Gasteiger partial charge in [0.2, 0.25) is 0 Å². The van der Waals surface area contributed by atoms with Gasteiger partial charge in [0.1, 0.15) is 5.82 Å². The van der Waals surface area contributed by atoms with Gasteiger partial charge in [-0.1, -0.05) is 12.8 Å². The maximum Gasteiger partial charge on any atom is 0.377 e. The van der Waals surface area contributed by atoms with Crippen LogP contribution in [0.15, 0.2) is 0 Å². The third kappa shape index (κ3) is 3.75. The molecule has 1 aliphatic carbocycles. The quantitative estimate of drug-likeness (QED) is 0.334. The lowest BCUT2D eigenvalue weighted by atomic mass is 10.1. The average molecular weight is 337 g/mol. The summed E-state index contributed by atoms with van der Waals surface area (Å²) in [5, 5.41) is 88.4. The second-order valence-electron chi connectivity index (χ2n) is 5.19. The van der Waals surface area contributed by atoms with Crippen molar-refractivity contribution in [3.63, 3.8) is 0 Å². The van der Waals surface area contributed by atoms with Gasteiger partial charge in [-0.2, -0.15) is 41.2 Å². The van der Waals surface area contributed by atoms with E-state index in [2.05, 4.69) is 9.97 Å². The molecule has 0 aliphatic heterocycles. The molecule has 6 N–H and O–H groups in total.